The van der Waals surface area contributed by atoms with Gasteiger partial charge in [0.15, 0.2) is 11.5 Å². The van der Waals surface area contributed by atoms with Crippen LogP contribution in [0.1, 0.15) is 16.6 Å². The summed E-state index contributed by atoms with van der Waals surface area (Å²) in [7, 11) is 4.76. The Morgan fingerprint density at radius 3 is 2.48 bits per heavy atom. The highest BCUT2D eigenvalue weighted by atomic mass is 32.1. The molecule has 1 aromatic carbocycles. The lowest BCUT2D eigenvalue weighted by atomic mass is 10.0. The quantitative estimate of drug-likeness (QED) is 0.601. The van der Waals surface area contributed by atoms with Crippen molar-refractivity contribution in [3.05, 3.63) is 34.3 Å². The summed E-state index contributed by atoms with van der Waals surface area (Å²) in [5.74, 6) is 7.48. The largest absolute Gasteiger partial charge is 0.493 e. The lowest BCUT2D eigenvalue weighted by Crippen LogP contribution is -2.30. The Hall–Kier alpha value is -1.83. The summed E-state index contributed by atoms with van der Waals surface area (Å²) in [4.78, 5) is 4.29. The molecule has 6 nitrogen and oxygen atoms in total. The third-order valence-corrected chi connectivity index (χ3v) is 3.98. The Balaban J connectivity index is 2.40. The van der Waals surface area contributed by atoms with Crippen LogP contribution in [-0.2, 0) is 6.42 Å². The monoisotopic (exact) mass is 309 g/mol. The average Bonchev–Trinajstić information content (AvgIpc) is 3.04. The lowest BCUT2D eigenvalue weighted by Gasteiger charge is -2.21. The molecule has 0 aliphatic heterocycles. The summed E-state index contributed by atoms with van der Waals surface area (Å²) < 4.78 is 16.2. The second kappa shape index (κ2) is 7.26. The molecule has 0 amide bonds. The van der Waals surface area contributed by atoms with Crippen LogP contribution in [0.25, 0.3) is 0 Å². The number of nitrogens with zero attached hydrogens (tertiary/aromatic N) is 1. The standard InChI is InChI=1S/C14H19N3O3S/c1-18-11-5-4-9(13(19-2)14(11)20-3)10(17-15)8-12-16-6-7-21-12/h4-7,10,17H,8,15H2,1-3H3. The van der Waals surface area contributed by atoms with Crippen molar-refractivity contribution in [3.63, 3.8) is 0 Å². The van der Waals surface area contributed by atoms with Crippen LogP contribution in [0, 0.1) is 0 Å². The van der Waals surface area contributed by atoms with Crippen molar-refractivity contribution in [2.75, 3.05) is 21.3 Å². The normalized spacial score (nSPS) is 12.0. The molecule has 1 heterocycles. The van der Waals surface area contributed by atoms with Crippen molar-refractivity contribution in [2.24, 2.45) is 5.84 Å². The number of ether oxygens (including phenoxy) is 3. The van der Waals surface area contributed by atoms with E-state index < -0.39 is 0 Å². The molecule has 1 atom stereocenters. The molecule has 2 rings (SSSR count). The second-order valence-electron chi connectivity index (χ2n) is 4.27. The van der Waals surface area contributed by atoms with Gasteiger partial charge < -0.3 is 14.2 Å². The van der Waals surface area contributed by atoms with Gasteiger partial charge in [0.05, 0.1) is 32.4 Å². The van der Waals surface area contributed by atoms with Gasteiger partial charge in [-0.3, -0.25) is 11.3 Å². The number of aromatic nitrogens is 1. The minimum Gasteiger partial charge on any atom is -0.493 e. The molecule has 0 aliphatic rings. The number of hydrazine groups is 1. The summed E-state index contributed by atoms with van der Waals surface area (Å²) in [6.45, 7) is 0. The lowest BCUT2D eigenvalue weighted by molar-refractivity contribution is 0.319. The number of benzene rings is 1. The zero-order valence-corrected chi connectivity index (χ0v) is 13.1. The van der Waals surface area contributed by atoms with Crippen molar-refractivity contribution in [1.82, 2.24) is 10.4 Å². The summed E-state index contributed by atoms with van der Waals surface area (Å²) in [6.07, 6.45) is 2.44. The van der Waals surface area contributed by atoms with Gasteiger partial charge in [0, 0.05) is 23.6 Å². The Kier molecular flexibility index (Phi) is 5.38. The first-order chi connectivity index (χ1) is 10.2. The molecular weight excluding hydrogens is 290 g/mol. The first-order valence-corrected chi connectivity index (χ1v) is 7.26. The fourth-order valence-corrected chi connectivity index (χ4v) is 2.85. The number of thiazole rings is 1. The van der Waals surface area contributed by atoms with Crippen molar-refractivity contribution in [2.45, 2.75) is 12.5 Å². The Labute approximate surface area is 127 Å². The van der Waals surface area contributed by atoms with E-state index in [0.29, 0.717) is 23.7 Å². The third-order valence-electron chi connectivity index (χ3n) is 3.17. The molecule has 1 unspecified atom stereocenters. The van der Waals surface area contributed by atoms with E-state index >= 15 is 0 Å². The number of methoxy groups -OCH3 is 3. The van der Waals surface area contributed by atoms with Gasteiger partial charge in [0.2, 0.25) is 5.75 Å². The van der Waals surface area contributed by atoms with Gasteiger partial charge >= 0.3 is 0 Å². The Morgan fingerprint density at radius 1 is 1.19 bits per heavy atom. The van der Waals surface area contributed by atoms with Crippen LogP contribution in [0.4, 0.5) is 0 Å². The molecule has 0 saturated carbocycles. The summed E-state index contributed by atoms with van der Waals surface area (Å²) in [6, 6.07) is 3.62. The van der Waals surface area contributed by atoms with Crippen LogP contribution in [0.15, 0.2) is 23.7 Å². The number of nitrogens with two attached hydrogens (primary N) is 1. The molecule has 0 bridgehead atoms. The molecule has 1 aromatic heterocycles. The molecular formula is C14H19N3O3S. The number of rotatable bonds is 7. The van der Waals surface area contributed by atoms with Gasteiger partial charge in [-0.15, -0.1) is 11.3 Å². The fourth-order valence-electron chi connectivity index (χ4n) is 2.19. The smallest absolute Gasteiger partial charge is 0.203 e. The van der Waals surface area contributed by atoms with Gasteiger partial charge in [0.25, 0.3) is 0 Å². The highest BCUT2D eigenvalue weighted by Crippen LogP contribution is 2.42. The summed E-state index contributed by atoms with van der Waals surface area (Å²) in [5.41, 5.74) is 3.71. The highest BCUT2D eigenvalue weighted by molar-refractivity contribution is 7.09. The van der Waals surface area contributed by atoms with E-state index in [9.17, 15) is 0 Å². The highest BCUT2D eigenvalue weighted by Gasteiger charge is 2.22. The molecule has 0 radical (unpaired) electrons. The van der Waals surface area contributed by atoms with E-state index in [0.717, 1.165) is 10.6 Å². The van der Waals surface area contributed by atoms with E-state index in [1.807, 2.05) is 17.5 Å². The average molecular weight is 309 g/mol. The molecule has 7 heteroatoms. The Bertz CT molecular complexity index is 575. The molecule has 3 N–H and O–H groups in total. The van der Waals surface area contributed by atoms with Gasteiger partial charge in [-0.1, -0.05) is 0 Å². The van der Waals surface area contributed by atoms with Crippen molar-refractivity contribution in [1.29, 1.82) is 0 Å². The topological polar surface area (TPSA) is 78.6 Å². The van der Waals surface area contributed by atoms with Crippen LogP contribution in [-0.4, -0.2) is 26.3 Å². The Morgan fingerprint density at radius 2 is 1.95 bits per heavy atom. The molecule has 0 aliphatic carbocycles. The number of hydrogen-bond donors (Lipinski definition) is 2. The van der Waals surface area contributed by atoms with Crippen LogP contribution >= 0.6 is 11.3 Å². The van der Waals surface area contributed by atoms with E-state index in [2.05, 4.69) is 10.4 Å². The second-order valence-corrected chi connectivity index (χ2v) is 5.25. The predicted molar refractivity (Wildman–Crippen MR) is 82.0 cm³/mol. The maximum Gasteiger partial charge on any atom is 0.203 e. The molecule has 2 aromatic rings. The first-order valence-electron chi connectivity index (χ1n) is 6.38. The third kappa shape index (κ3) is 3.26. The predicted octanol–water partition coefficient (Wildman–Crippen LogP) is 1.92. The maximum absolute atomic E-state index is 5.71. The van der Waals surface area contributed by atoms with Crippen LogP contribution in [0.3, 0.4) is 0 Å². The zero-order chi connectivity index (χ0) is 15.2. The maximum atomic E-state index is 5.71. The van der Waals surface area contributed by atoms with Crippen LogP contribution < -0.4 is 25.5 Å². The van der Waals surface area contributed by atoms with Gasteiger partial charge in [-0.2, -0.15) is 0 Å². The van der Waals surface area contributed by atoms with Crippen molar-refractivity contribution in [3.8, 4) is 17.2 Å². The van der Waals surface area contributed by atoms with E-state index in [-0.39, 0.29) is 6.04 Å². The van der Waals surface area contributed by atoms with E-state index in [4.69, 9.17) is 20.1 Å². The molecule has 0 spiro atoms. The van der Waals surface area contributed by atoms with Crippen LogP contribution in [0.2, 0.25) is 0 Å². The van der Waals surface area contributed by atoms with Crippen molar-refractivity contribution < 1.29 is 14.2 Å². The van der Waals surface area contributed by atoms with E-state index in [1.54, 1.807) is 38.9 Å². The molecule has 0 saturated heterocycles. The summed E-state index contributed by atoms with van der Waals surface area (Å²) in [5, 5.41) is 2.93. The number of hydrogen-bond acceptors (Lipinski definition) is 7. The minimum absolute atomic E-state index is 0.133. The molecule has 114 valence electrons. The zero-order valence-electron chi connectivity index (χ0n) is 12.3. The van der Waals surface area contributed by atoms with Crippen LogP contribution in [0.5, 0.6) is 17.2 Å². The SMILES string of the molecule is COc1ccc(C(Cc2nccs2)NN)c(OC)c1OC. The minimum atomic E-state index is -0.133. The molecule has 21 heavy (non-hydrogen) atoms. The van der Waals surface area contributed by atoms with Gasteiger partial charge in [-0.25, -0.2) is 4.98 Å². The summed E-state index contributed by atoms with van der Waals surface area (Å²) >= 11 is 1.59. The van der Waals surface area contributed by atoms with Crippen molar-refractivity contribution >= 4 is 11.3 Å². The van der Waals surface area contributed by atoms with Gasteiger partial charge in [0.1, 0.15) is 0 Å². The fraction of sp³-hybridized carbons (Fsp3) is 0.357. The van der Waals surface area contributed by atoms with E-state index in [1.165, 1.54) is 0 Å². The number of nitrogens with one attached hydrogen (secondary N) is 1. The molecule has 0 fully saturated rings. The first kappa shape index (κ1) is 15.6. The van der Waals surface area contributed by atoms with Gasteiger partial charge in [-0.05, 0) is 12.1 Å².